The highest BCUT2D eigenvalue weighted by Crippen LogP contribution is 2.35. The van der Waals surface area contributed by atoms with E-state index in [9.17, 15) is 4.79 Å². The van der Waals surface area contributed by atoms with Crippen LogP contribution in [0.5, 0.6) is 0 Å². The average Bonchev–Trinajstić information content (AvgIpc) is 2.54. The number of anilines is 1. The lowest BCUT2D eigenvalue weighted by molar-refractivity contribution is 0.0948. The molecule has 3 N–H and O–H groups in total. The van der Waals surface area contributed by atoms with E-state index in [0.29, 0.717) is 10.6 Å². The molecule has 2 rings (SSSR count). The second-order valence-corrected chi connectivity index (χ2v) is 5.75. The molecular weight excluding hydrogens is 246 g/mol. The number of hydrogen-bond donors (Lipinski definition) is 2. The zero-order valence-corrected chi connectivity index (χ0v) is 11.8. The number of rotatable bonds is 2. The molecule has 2 heterocycles. The van der Waals surface area contributed by atoms with Gasteiger partial charge in [0.1, 0.15) is 4.88 Å². The van der Waals surface area contributed by atoms with Crippen molar-refractivity contribution in [3.05, 3.63) is 22.3 Å². The lowest BCUT2D eigenvalue weighted by Crippen LogP contribution is -2.29. The average molecular weight is 263 g/mol. The summed E-state index contributed by atoms with van der Waals surface area (Å²) in [6.45, 7) is 7.72. The van der Waals surface area contributed by atoms with Crippen molar-refractivity contribution in [2.24, 2.45) is 0 Å². The fourth-order valence-corrected chi connectivity index (χ4v) is 3.15. The molecule has 18 heavy (non-hydrogen) atoms. The summed E-state index contributed by atoms with van der Waals surface area (Å²) in [5.41, 5.74) is 8.43. The Labute approximate surface area is 110 Å². The van der Waals surface area contributed by atoms with Crippen LogP contribution in [0.15, 0.2) is 6.07 Å². The SMILES string of the molecule is Cc1cc2sc(C(=O)NC(C)C)c(N)c2c(C)n1. The molecule has 5 heteroatoms. The van der Waals surface area contributed by atoms with Crippen molar-refractivity contribution in [3.63, 3.8) is 0 Å². The van der Waals surface area contributed by atoms with Gasteiger partial charge in [-0.25, -0.2) is 0 Å². The number of hydrogen-bond acceptors (Lipinski definition) is 4. The van der Waals surface area contributed by atoms with Crippen LogP contribution >= 0.6 is 11.3 Å². The third-order valence-corrected chi connectivity index (χ3v) is 3.80. The number of carbonyl (C=O) groups is 1. The minimum atomic E-state index is -0.110. The second kappa shape index (κ2) is 4.57. The van der Waals surface area contributed by atoms with Crippen molar-refractivity contribution < 1.29 is 4.79 Å². The standard InChI is InChI=1S/C13H17N3OS/c1-6(2)15-13(17)12-11(14)10-8(4)16-7(3)5-9(10)18-12/h5-6H,14H2,1-4H3,(H,15,17). The van der Waals surface area contributed by atoms with Crippen molar-refractivity contribution in [2.45, 2.75) is 33.7 Å². The molecule has 0 radical (unpaired) electrons. The maximum atomic E-state index is 12.0. The number of carbonyl (C=O) groups excluding carboxylic acids is 1. The van der Waals surface area contributed by atoms with Gasteiger partial charge in [-0.1, -0.05) is 0 Å². The van der Waals surface area contributed by atoms with Gasteiger partial charge in [-0.2, -0.15) is 0 Å². The molecule has 2 aromatic heterocycles. The van der Waals surface area contributed by atoms with Gasteiger partial charge in [0.15, 0.2) is 0 Å². The number of pyridine rings is 1. The summed E-state index contributed by atoms with van der Waals surface area (Å²) >= 11 is 1.43. The first-order valence-electron chi connectivity index (χ1n) is 5.87. The molecule has 0 spiro atoms. The highest BCUT2D eigenvalue weighted by molar-refractivity contribution is 7.21. The van der Waals surface area contributed by atoms with E-state index in [1.54, 1.807) is 0 Å². The van der Waals surface area contributed by atoms with Crippen molar-refractivity contribution in [3.8, 4) is 0 Å². The highest BCUT2D eigenvalue weighted by atomic mass is 32.1. The van der Waals surface area contributed by atoms with Gasteiger partial charge in [-0.15, -0.1) is 11.3 Å². The summed E-state index contributed by atoms with van der Waals surface area (Å²) < 4.78 is 1.02. The van der Waals surface area contributed by atoms with Crippen LogP contribution in [0.4, 0.5) is 5.69 Å². The third-order valence-electron chi connectivity index (χ3n) is 2.64. The third kappa shape index (κ3) is 2.18. The Balaban J connectivity index is 2.57. The van der Waals surface area contributed by atoms with E-state index >= 15 is 0 Å². The number of aromatic nitrogens is 1. The molecule has 2 aromatic rings. The largest absolute Gasteiger partial charge is 0.397 e. The van der Waals surface area contributed by atoms with E-state index in [4.69, 9.17) is 5.73 Å². The first-order valence-corrected chi connectivity index (χ1v) is 6.69. The Morgan fingerprint density at radius 1 is 1.44 bits per heavy atom. The molecule has 4 nitrogen and oxygen atoms in total. The lowest BCUT2D eigenvalue weighted by atomic mass is 10.2. The topological polar surface area (TPSA) is 68.0 Å². The minimum absolute atomic E-state index is 0.100. The van der Waals surface area contributed by atoms with Crippen LogP contribution in [0.2, 0.25) is 0 Å². The van der Waals surface area contributed by atoms with Crippen molar-refractivity contribution in [2.75, 3.05) is 5.73 Å². The molecule has 0 fully saturated rings. The summed E-state index contributed by atoms with van der Waals surface area (Å²) in [6.07, 6.45) is 0. The summed E-state index contributed by atoms with van der Waals surface area (Å²) in [6, 6.07) is 2.07. The maximum Gasteiger partial charge on any atom is 0.263 e. The van der Waals surface area contributed by atoms with Gasteiger partial charge in [0.25, 0.3) is 5.91 Å². The monoisotopic (exact) mass is 263 g/mol. The van der Waals surface area contributed by atoms with E-state index in [2.05, 4.69) is 10.3 Å². The zero-order chi connectivity index (χ0) is 13.4. The smallest absolute Gasteiger partial charge is 0.263 e. The first kappa shape index (κ1) is 12.8. The molecule has 1 amide bonds. The van der Waals surface area contributed by atoms with Crippen LogP contribution in [-0.4, -0.2) is 16.9 Å². The van der Waals surface area contributed by atoms with Crippen LogP contribution in [-0.2, 0) is 0 Å². The highest BCUT2D eigenvalue weighted by Gasteiger charge is 2.18. The van der Waals surface area contributed by atoms with Crippen LogP contribution < -0.4 is 11.1 Å². The van der Waals surface area contributed by atoms with Crippen molar-refractivity contribution in [1.29, 1.82) is 0 Å². The van der Waals surface area contributed by atoms with Crippen molar-refractivity contribution >= 4 is 33.0 Å². The van der Waals surface area contributed by atoms with Crippen molar-refractivity contribution in [1.82, 2.24) is 10.3 Å². The summed E-state index contributed by atoms with van der Waals surface area (Å²) in [4.78, 5) is 17.0. The van der Waals surface area contributed by atoms with Gasteiger partial charge in [0.2, 0.25) is 0 Å². The minimum Gasteiger partial charge on any atom is -0.397 e. The normalized spacial score (nSPS) is 11.2. The van der Waals surface area contributed by atoms with Gasteiger partial charge in [0.05, 0.1) is 5.69 Å². The molecular formula is C13H17N3OS. The molecule has 0 aliphatic heterocycles. The predicted molar refractivity (Wildman–Crippen MR) is 76.1 cm³/mol. The maximum absolute atomic E-state index is 12.0. The second-order valence-electron chi connectivity index (χ2n) is 4.70. The van der Waals surface area contributed by atoms with Crippen LogP contribution in [0.1, 0.15) is 34.9 Å². The zero-order valence-electron chi connectivity index (χ0n) is 11.0. The Morgan fingerprint density at radius 3 is 2.72 bits per heavy atom. The van der Waals surface area contributed by atoms with E-state index in [1.807, 2.05) is 33.8 Å². The lowest BCUT2D eigenvalue weighted by Gasteiger charge is -2.07. The number of fused-ring (bicyclic) bond motifs is 1. The summed E-state index contributed by atoms with van der Waals surface area (Å²) in [7, 11) is 0. The Hall–Kier alpha value is -1.62. The number of aryl methyl sites for hydroxylation is 2. The molecule has 0 aliphatic carbocycles. The molecule has 0 atom stereocenters. The van der Waals surface area contributed by atoms with E-state index < -0.39 is 0 Å². The number of nitrogens with one attached hydrogen (secondary N) is 1. The van der Waals surface area contributed by atoms with Crippen LogP contribution in [0.25, 0.3) is 10.1 Å². The van der Waals surface area contributed by atoms with Crippen LogP contribution in [0, 0.1) is 13.8 Å². The van der Waals surface area contributed by atoms with E-state index in [1.165, 1.54) is 11.3 Å². The van der Waals surface area contributed by atoms with Gasteiger partial charge < -0.3 is 11.1 Å². The molecule has 0 bridgehead atoms. The van der Waals surface area contributed by atoms with Gasteiger partial charge in [0, 0.05) is 27.5 Å². The molecule has 0 saturated heterocycles. The molecule has 96 valence electrons. The number of nitrogens with two attached hydrogens (primary N) is 1. The quantitative estimate of drug-likeness (QED) is 0.875. The van der Waals surface area contributed by atoms with Gasteiger partial charge in [-0.3, -0.25) is 9.78 Å². The molecule has 0 saturated carbocycles. The Morgan fingerprint density at radius 2 is 2.11 bits per heavy atom. The number of nitrogens with zero attached hydrogens (tertiary/aromatic N) is 1. The van der Waals surface area contributed by atoms with Crippen LogP contribution in [0.3, 0.4) is 0 Å². The summed E-state index contributed by atoms with van der Waals surface area (Å²) in [5, 5.41) is 3.77. The fraction of sp³-hybridized carbons (Fsp3) is 0.385. The fourth-order valence-electron chi connectivity index (χ4n) is 1.98. The Kier molecular flexibility index (Phi) is 3.26. The number of nitrogen functional groups attached to an aromatic ring is 1. The number of thiophene rings is 1. The molecule has 0 aromatic carbocycles. The van der Waals surface area contributed by atoms with E-state index in [0.717, 1.165) is 21.5 Å². The van der Waals surface area contributed by atoms with Gasteiger partial charge >= 0.3 is 0 Å². The Bertz CT molecular complexity index is 616. The molecule has 0 unspecified atom stereocenters. The first-order chi connectivity index (χ1) is 8.40. The predicted octanol–water partition coefficient (Wildman–Crippen LogP) is 2.63. The summed E-state index contributed by atoms with van der Waals surface area (Å²) in [5.74, 6) is -0.110. The van der Waals surface area contributed by atoms with E-state index in [-0.39, 0.29) is 11.9 Å². The number of amides is 1. The molecule has 0 aliphatic rings. The van der Waals surface area contributed by atoms with Gasteiger partial charge in [-0.05, 0) is 33.8 Å².